The lowest BCUT2D eigenvalue weighted by Crippen LogP contribution is -2.30. The van der Waals surface area contributed by atoms with Gasteiger partial charge in [-0.05, 0) is 13.0 Å². The Bertz CT molecular complexity index is 527. The molecule has 2 rings (SSSR count). The second-order valence-corrected chi connectivity index (χ2v) is 3.90. The summed E-state index contributed by atoms with van der Waals surface area (Å²) < 4.78 is 6.82. The smallest absolute Gasteiger partial charge is 0.268 e. The maximum Gasteiger partial charge on any atom is 0.268 e. The van der Waals surface area contributed by atoms with E-state index in [0.717, 1.165) is 5.69 Å². The van der Waals surface area contributed by atoms with Crippen molar-refractivity contribution in [2.45, 2.75) is 13.5 Å². The van der Waals surface area contributed by atoms with Crippen LogP contribution in [0, 0.1) is 6.92 Å². The van der Waals surface area contributed by atoms with Gasteiger partial charge in [-0.2, -0.15) is 5.10 Å². The van der Waals surface area contributed by atoms with Crippen molar-refractivity contribution >= 4 is 17.5 Å². The van der Waals surface area contributed by atoms with Crippen molar-refractivity contribution in [2.75, 3.05) is 0 Å². The van der Waals surface area contributed by atoms with Crippen molar-refractivity contribution in [3.63, 3.8) is 0 Å². The molecule has 0 aromatic carbocycles. The molecule has 0 saturated carbocycles. The second-order valence-electron chi connectivity index (χ2n) is 3.49. The van der Waals surface area contributed by atoms with Gasteiger partial charge in [0.25, 0.3) is 5.91 Å². The molecule has 17 heavy (non-hydrogen) atoms. The summed E-state index contributed by atoms with van der Waals surface area (Å²) in [4.78, 5) is 11.4. The number of nitrogens with one attached hydrogen (secondary N) is 1. The van der Waals surface area contributed by atoms with Crippen molar-refractivity contribution < 1.29 is 9.21 Å². The topological polar surface area (TPSA) is 86.1 Å². The number of aryl methyl sites for hydroxylation is 1. The van der Waals surface area contributed by atoms with Crippen molar-refractivity contribution in [3.8, 4) is 0 Å². The fourth-order valence-electron chi connectivity index (χ4n) is 1.46. The molecule has 0 unspecified atom stereocenters. The summed E-state index contributed by atoms with van der Waals surface area (Å²) >= 11 is 5.89. The Kier molecular flexibility index (Phi) is 3.16. The van der Waals surface area contributed by atoms with Crippen LogP contribution < -0.4 is 11.3 Å². The number of halogens is 1. The SMILES string of the molecule is Cc1nn(Cc2occc2C(=O)NN)cc1Cl. The fraction of sp³-hybridized carbons (Fsp3) is 0.200. The third-order valence-electron chi connectivity index (χ3n) is 2.31. The van der Waals surface area contributed by atoms with Gasteiger partial charge in [-0.3, -0.25) is 14.9 Å². The van der Waals surface area contributed by atoms with Crippen LogP contribution in [-0.2, 0) is 6.54 Å². The standard InChI is InChI=1S/C10H11ClN4O2/c1-6-8(11)4-15(14-6)5-9-7(2-3-17-9)10(16)13-12/h2-4H,5,12H2,1H3,(H,13,16). The van der Waals surface area contributed by atoms with Crippen LogP contribution in [0.15, 0.2) is 22.9 Å². The molecule has 0 radical (unpaired) electrons. The van der Waals surface area contributed by atoms with Crippen LogP contribution in [-0.4, -0.2) is 15.7 Å². The molecule has 0 atom stereocenters. The Morgan fingerprint density at radius 3 is 3.06 bits per heavy atom. The molecule has 2 aromatic heterocycles. The predicted octanol–water partition coefficient (Wildman–Crippen LogP) is 1.09. The minimum absolute atomic E-state index is 0.323. The Labute approximate surface area is 102 Å². The number of furan rings is 1. The zero-order valence-electron chi connectivity index (χ0n) is 9.11. The summed E-state index contributed by atoms with van der Waals surface area (Å²) in [6.07, 6.45) is 3.10. The molecule has 90 valence electrons. The first-order valence-electron chi connectivity index (χ1n) is 4.88. The zero-order chi connectivity index (χ0) is 12.4. The van der Waals surface area contributed by atoms with Crippen molar-refractivity contribution in [3.05, 3.63) is 40.6 Å². The lowest BCUT2D eigenvalue weighted by Gasteiger charge is -2.01. The number of nitrogens with zero attached hydrogens (tertiary/aromatic N) is 2. The van der Waals surface area contributed by atoms with Gasteiger partial charge in [0.2, 0.25) is 0 Å². The van der Waals surface area contributed by atoms with Crippen LogP contribution in [0.5, 0.6) is 0 Å². The van der Waals surface area contributed by atoms with Gasteiger partial charge >= 0.3 is 0 Å². The van der Waals surface area contributed by atoms with Crippen molar-refractivity contribution in [1.29, 1.82) is 0 Å². The molecule has 0 bridgehead atoms. The minimum atomic E-state index is -0.399. The fourth-order valence-corrected chi connectivity index (χ4v) is 1.62. The predicted molar refractivity (Wildman–Crippen MR) is 61.4 cm³/mol. The van der Waals surface area contributed by atoms with E-state index >= 15 is 0 Å². The van der Waals surface area contributed by atoms with E-state index in [1.54, 1.807) is 23.9 Å². The minimum Gasteiger partial charge on any atom is -0.467 e. The lowest BCUT2D eigenvalue weighted by molar-refractivity contribution is 0.0951. The maximum atomic E-state index is 11.4. The van der Waals surface area contributed by atoms with Crippen LogP contribution in [0.25, 0.3) is 0 Å². The van der Waals surface area contributed by atoms with Crippen LogP contribution >= 0.6 is 11.6 Å². The number of carbonyl (C=O) groups excluding carboxylic acids is 1. The van der Waals surface area contributed by atoms with E-state index in [1.165, 1.54) is 6.26 Å². The maximum absolute atomic E-state index is 11.4. The summed E-state index contributed by atoms with van der Waals surface area (Å²) in [6.45, 7) is 2.12. The lowest BCUT2D eigenvalue weighted by atomic mass is 10.2. The summed E-state index contributed by atoms with van der Waals surface area (Å²) in [5, 5.41) is 4.74. The van der Waals surface area contributed by atoms with Gasteiger partial charge in [0.15, 0.2) is 0 Å². The average Bonchev–Trinajstić information content (AvgIpc) is 2.86. The largest absolute Gasteiger partial charge is 0.467 e. The zero-order valence-corrected chi connectivity index (χ0v) is 9.86. The van der Waals surface area contributed by atoms with Crippen molar-refractivity contribution in [2.24, 2.45) is 5.84 Å². The Balaban J connectivity index is 2.24. The summed E-state index contributed by atoms with van der Waals surface area (Å²) in [5.41, 5.74) is 3.17. The van der Waals surface area contributed by atoms with E-state index in [1.807, 2.05) is 0 Å². The van der Waals surface area contributed by atoms with Gasteiger partial charge in [-0.1, -0.05) is 11.6 Å². The number of hydrazine groups is 1. The Morgan fingerprint density at radius 1 is 1.71 bits per heavy atom. The molecule has 0 aliphatic carbocycles. The molecule has 6 nitrogen and oxygen atoms in total. The third-order valence-corrected chi connectivity index (χ3v) is 2.68. The normalized spacial score (nSPS) is 10.5. The first kappa shape index (κ1) is 11.7. The van der Waals surface area contributed by atoms with Crippen LogP contribution in [0.3, 0.4) is 0 Å². The van der Waals surface area contributed by atoms with Crippen LogP contribution in [0.1, 0.15) is 21.8 Å². The highest BCUT2D eigenvalue weighted by Gasteiger charge is 2.14. The summed E-state index contributed by atoms with van der Waals surface area (Å²) in [6, 6.07) is 1.55. The molecule has 0 aliphatic rings. The van der Waals surface area contributed by atoms with Gasteiger partial charge in [0.05, 0.1) is 29.1 Å². The molecule has 3 N–H and O–H groups in total. The molecular weight excluding hydrogens is 244 g/mol. The summed E-state index contributed by atoms with van der Waals surface area (Å²) in [5.74, 6) is 5.15. The Hall–Kier alpha value is -1.79. The quantitative estimate of drug-likeness (QED) is 0.488. The van der Waals surface area contributed by atoms with Crippen LogP contribution in [0.2, 0.25) is 5.02 Å². The molecule has 1 amide bonds. The highest BCUT2D eigenvalue weighted by molar-refractivity contribution is 6.31. The van der Waals surface area contributed by atoms with E-state index in [9.17, 15) is 4.79 Å². The third kappa shape index (κ3) is 2.32. The average molecular weight is 255 g/mol. The molecule has 0 saturated heterocycles. The summed E-state index contributed by atoms with van der Waals surface area (Å²) in [7, 11) is 0. The van der Waals surface area contributed by atoms with Crippen LogP contribution in [0.4, 0.5) is 0 Å². The van der Waals surface area contributed by atoms with E-state index < -0.39 is 5.91 Å². The van der Waals surface area contributed by atoms with E-state index in [4.69, 9.17) is 21.9 Å². The number of hydrogen-bond donors (Lipinski definition) is 2. The molecule has 0 fully saturated rings. The molecule has 2 aromatic rings. The van der Waals surface area contributed by atoms with Gasteiger partial charge in [0.1, 0.15) is 5.76 Å². The highest BCUT2D eigenvalue weighted by Crippen LogP contribution is 2.16. The van der Waals surface area contributed by atoms with Crippen molar-refractivity contribution in [1.82, 2.24) is 15.2 Å². The molecule has 2 heterocycles. The number of rotatable bonds is 3. The Morgan fingerprint density at radius 2 is 2.47 bits per heavy atom. The van der Waals surface area contributed by atoms with E-state index in [-0.39, 0.29) is 0 Å². The number of hydrogen-bond acceptors (Lipinski definition) is 4. The monoisotopic (exact) mass is 254 g/mol. The van der Waals surface area contributed by atoms with Gasteiger partial charge in [-0.15, -0.1) is 0 Å². The first-order valence-corrected chi connectivity index (χ1v) is 5.26. The van der Waals surface area contributed by atoms with E-state index in [0.29, 0.717) is 22.9 Å². The molecule has 7 heteroatoms. The molecule has 0 spiro atoms. The molecule has 0 aliphatic heterocycles. The highest BCUT2D eigenvalue weighted by atomic mass is 35.5. The number of carbonyl (C=O) groups is 1. The van der Waals surface area contributed by atoms with E-state index in [2.05, 4.69) is 10.5 Å². The number of aromatic nitrogens is 2. The second kappa shape index (κ2) is 4.60. The number of amides is 1. The number of nitrogens with two attached hydrogens (primary N) is 1. The number of nitrogen functional groups attached to an aromatic ring is 1. The van der Waals surface area contributed by atoms with Gasteiger partial charge < -0.3 is 4.42 Å². The molecular formula is C10H11ClN4O2. The van der Waals surface area contributed by atoms with Gasteiger partial charge in [-0.25, -0.2) is 5.84 Å². The van der Waals surface area contributed by atoms with Gasteiger partial charge in [0, 0.05) is 6.20 Å². The first-order chi connectivity index (χ1) is 8.11.